The lowest BCUT2D eigenvalue weighted by atomic mass is 10.1. The second-order valence-electron chi connectivity index (χ2n) is 5.29. The zero-order valence-electron chi connectivity index (χ0n) is 13.9. The lowest BCUT2D eigenvalue weighted by molar-refractivity contribution is 0.0599. The van der Waals surface area contributed by atoms with Crippen LogP contribution >= 0.6 is 0 Å². The Morgan fingerprint density at radius 2 is 1.87 bits per heavy atom. The average Bonchev–Trinajstić information content (AvgIpc) is 2.91. The number of benzene rings is 1. The van der Waals surface area contributed by atoms with Gasteiger partial charge in [-0.15, -0.1) is 0 Å². The number of carbonyl (C=O) groups excluding carboxylic acids is 2. The minimum Gasteiger partial charge on any atom is -0.465 e. The largest absolute Gasteiger partial charge is 0.465 e. The van der Waals surface area contributed by atoms with Gasteiger partial charge in [-0.1, -0.05) is 32.0 Å². The number of ether oxygens (including phenoxy) is 1. The van der Waals surface area contributed by atoms with Crippen molar-refractivity contribution in [3.63, 3.8) is 0 Å². The van der Waals surface area contributed by atoms with Crippen LogP contribution in [0.2, 0.25) is 0 Å². The first-order valence-electron chi connectivity index (χ1n) is 7.72. The molecule has 0 radical (unpaired) electrons. The van der Waals surface area contributed by atoms with Crippen LogP contribution in [0.4, 0.5) is 5.69 Å². The Kier molecular flexibility index (Phi) is 5.21. The molecule has 0 saturated carbocycles. The van der Waals surface area contributed by atoms with Crippen LogP contribution in [0.3, 0.4) is 0 Å². The van der Waals surface area contributed by atoms with E-state index in [2.05, 4.69) is 10.3 Å². The highest BCUT2D eigenvalue weighted by molar-refractivity contribution is 6.07. The zero-order chi connectivity index (χ0) is 17.0. The molecule has 1 aromatic heterocycles. The first kappa shape index (κ1) is 16.8. The Morgan fingerprint density at radius 3 is 2.48 bits per heavy atom. The fraction of sp³-hybridized carbons (Fsp3) is 0.333. The number of para-hydroxylation sites is 1. The molecule has 2 aromatic rings. The Labute approximate surface area is 136 Å². The summed E-state index contributed by atoms with van der Waals surface area (Å²) in [5.74, 6) is -0.683. The van der Waals surface area contributed by atoms with E-state index in [0.29, 0.717) is 28.9 Å². The summed E-state index contributed by atoms with van der Waals surface area (Å²) in [5, 5.41) is 2.92. The van der Waals surface area contributed by atoms with E-state index in [9.17, 15) is 9.59 Å². The summed E-state index contributed by atoms with van der Waals surface area (Å²) in [6.45, 7) is 5.71. The maximum Gasteiger partial charge on any atom is 0.339 e. The van der Waals surface area contributed by atoms with E-state index < -0.39 is 5.97 Å². The number of anilines is 1. The summed E-state index contributed by atoms with van der Waals surface area (Å²) in [4.78, 5) is 27.6. The number of methoxy groups -OCH3 is 1. The quantitative estimate of drug-likeness (QED) is 0.830. The Bertz CT molecular complexity index is 732. The average molecular weight is 314 g/mol. The molecule has 1 aromatic carbocycles. The van der Waals surface area contributed by atoms with Crippen LogP contribution in [-0.2, 0) is 17.6 Å². The number of aromatic nitrogens is 1. The Hall–Kier alpha value is -2.56. The monoisotopic (exact) mass is 314 g/mol. The van der Waals surface area contributed by atoms with Crippen molar-refractivity contribution in [3.8, 4) is 0 Å². The van der Waals surface area contributed by atoms with Crippen molar-refractivity contribution in [2.45, 2.75) is 33.6 Å². The van der Waals surface area contributed by atoms with Crippen molar-refractivity contribution in [1.29, 1.82) is 0 Å². The van der Waals surface area contributed by atoms with Crippen LogP contribution in [-0.4, -0.2) is 24.0 Å². The number of nitrogens with one attached hydrogen (secondary N) is 2. The number of amides is 1. The predicted molar refractivity (Wildman–Crippen MR) is 90.0 cm³/mol. The molecule has 0 saturated heterocycles. The van der Waals surface area contributed by atoms with Gasteiger partial charge in [0.2, 0.25) is 0 Å². The molecule has 122 valence electrons. The van der Waals surface area contributed by atoms with Gasteiger partial charge in [0.05, 0.1) is 12.7 Å². The van der Waals surface area contributed by atoms with Crippen molar-refractivity contribution in [2.75, 3.05) is 12.4 Å². The van der Waals surface area contributed by atoms with Crippen LogP contribution in [0.1, 0.15) is 51.5 Å². The molecular formula is C18H22N2O3. The normalized spacial score (nSPS) is 10.4. The van der Waals surface area contributed by atoms with Gasteiger partial charge in [-0.2, -0.15) is 0 Å². The molecule has 0 aliphatic carbocycles. The lowest BCUT2D eigenvalue weighted by Crippen LogP contribution is -2.15. The number of aryl methyl sites for hydroxylation is 2. The van der Waals surface area contributed by atoms with Crippen LogP contribution in [0.15, 0.2) is 24.3 Å². The highest BCUT2D eigenvalue weighted by atomic mass is 16.5. The predicted octanol–water partition coefficient (Wildman–Crippen LogP) is 3.49. The molecule has 5 heteroatoms. The summed E-state index contributed by atoms with van der Waals surface area (Å²) in [6, 6.07) is 7.68. The van der Waals surface area contributed by atoms with Crippen LogP contribution in [0.25, 0.3) is 0 Å². The molecule has 1 amide bonds. The molecule has 1 heterocycles. The van der Waals surface area contributed by atoms with Crippen molar-refractivity contribution in [3.05, 3.63) is 52.3 Å². The number of aromatic amines is 1. The first-order chi connectivity index (χ1) is 11.0. The van der Waals surface area contributed by atoms with Gasteiger partial charge in [0.15, 0.2) is 0 Å². The number of esters is 1. The molecule has 5 nitrogen and oxygen atoms in total. The van der Waals surface area contributed by atoms with Crippen LogP contribution in [0, 0.1) is 6.92 Å². The second-order valence-corrected chi connectivity index (χ2v) is 5.29. The van der Waals surface area contributed by atoms with E-state index in [1.54, 1.807) is 6.92 Å². The molecule has 0 spiro atoms. The minimum absolute atomic E-state index is 0.256. The fourth-order valence-electron chi connectivity index (χ4n) is 2.66. The van der Waals surface area contributed by atoms with Gasteiger partial charge < -0.3 is 15.0 Å². The minimum atomic E-state index is -0.427. The number of rotatable bonds is 5. The van der Waals surface area contributed by atoms with Crippen LogP contribution < -0.4 is 5.32 Å². The SMILES string of the molecule is CCc1ccccc1NC(=O)c1[nH]c(CC)c(C(=O)OC)c1C. The molecule has 0 bridgehead atoms. The topological polar surface area (TPSA) is 71.2 Å². The Balaban J connectivity index is 2.37. The van der Waals surface area contributed by atoms with Crippen molar-refractivity contribution in [2.24, 2.45) is 0 Å². The molecule has 2 rings (SSSR count). The summed E-state index contributed by atoms with van der Waals surface area (Å²) in [7, 11) is 1.34. The molecule has 0 fully saturated rings. The molecule has 0 aliphatic heterocycles. The van der Waals surface area contributed by atoms with Crippen molar-refractivity contribution in [1.82, 2.24) is 4.98 Å². The van der Waals surface area contributed by atoms with E-state index >= 15 is 0 Å². The third-order valence-corrected chi connectivity index (χ3v) is 3.94. The number of H-pyrrole nitrogens is 1. The van der Waals surface area contributed by atoms with Crippen LogP contribution in [0.5, 0.6) is 0 Å². The van der Waals surface area contributed by atoms with E-state index in [1.165, 1.54) is 7.11 Å². The summed E-state index contributed by atoms with van der Waals surface area (Å²) in [5.41, 5.74) is 4.01. The second kappa shape index (κ2) is 7.13. The molecule has 0 unspecified atom stereocenters. The van der Waals surface area contributed by atoms with Gasteiger partial charge in [0.1, 0.15) is 5.69 Å². The van der Waals surface area contributed by atoms with Crippen molar-refractivity contribution >= 4 is 17.6 Å². The third-order valence-electron chi connectivity index (χ3n) is 3.94. The van der Waals surface area contributed by atoms with E-state index in [0.717, 1.165) is 17.7 Å². The molecule has 0 atom stereocenters. The third kappa shape index (κ3) is 3.28. The van der Waals surface area contributed by atoms with Gasteiger partial charge in [-0.25, -0.2) is 4.79 Å². The van der Waals surface area contributed by atoms with Gasteiger partial charge in [0, 0.05) is 11.4 Å². The van der Waals surface area contributed by atoms with Gasteiger partial charge in [-0.05, 0) is 37.0 Å². The standard InChI is InChI=1S/C18H22N2O3/c1-5-12-9-7-8-10-14(12)20-17(21)16-11(3)15(18(22)23-4)13(6-2)19-16/h7-10,19H,5-6H2,1-4H3,(H,20,21). The lowest BCUT2D eigenvalue weighted by Gasteiger charge is -2.09. The molecule has 2 N–H and O–H groups in total. The Morgan fingerprint density at radius 1 is 1.17 bits per heavy atom. The van der Waals surface area contributed by atoms with Gasteiger partial charge >= 0.3 is 5.97 Å². The maximum absolute atomic E-state index is 12.6. The highest BCUT2D eigenvalue weighted by Gasteiger charge is 2.23. The van der Waals surface area contributed by atoms with Gasteiger partial charge in [0.25, 0.3) is 5.91 Å². The number of hydrogen-bond acceptors (Lipinski definition) is 3. The van der Waals surface area contributed by atoms with E-state index in [-0.39, 0.29) is 5.91 Å². The first-order valence-corrected chi connectivity index (χ1v) is 7.72. The van der Waals surface area contributed by atoms with Gasteiger partial charge in [-0.3, -0.25) is 4.79 Å². The fourth-order valence-corrected chi connectivity index (χ4v) is 2.66. The summed E-state index contributed by atoms with van der Waals surface area (Å²) < 4.78 is 4.82. The summed E-state index contributed by atoms with van der Waals surface area (Å²) in [6.07, 6.45) is 1.44. The molecule has 23 heavy (non-hydrogen) atoms. The highest BCUT2D eigenvalue weighted by Crippen LogP contribution is 2.22. The summed E-state index contributed by atoms with van der Waals surface area (Å²) >= 11 is 0. The molecule has 0 aliphatic rings. The smallest absolute Gasteiger partial charge is 0.339 e. The van der Waals surface area contributed by atoms with E-state index in [1.807, 2.05) is 38.1 Å². The zero-order valence-corrected chi connectivity index (χ0v) is 13.9. The van der Waals surface area contributed by atoms with Crippen molar-refractivity contribution < 1.29 is 14.3 Å². The molecular weight excluding hydrogens is 292 g/mol. The number of carbonyl (C=O) groups is 2. The number of hydrogen-bond donors (Lipinski definition) is 2. The maximum atomic E-state index is 12.6. The van der Waals surface area contributed by atoms with E-state index in [4.69, 9.17) is 4.74 Å².